The molecule has 0 amide bonds. The van der Waals surface area contributed by atoms with Gasteiger partial charge < -0.3 is 10.5 Å². The maximum Gasteiger partial charge on any atom is 0.124 e. The number of benzene rings is 1. The van der Waals surface area contributed by atoms with Crippen LogP contribution >= 0.6 is 0 Å². The van der Waals surface area contributed by atoms with Gasteiger partial charge in [0.05, 0.1) is 48.1 Å². The van der Waals surface area contributed by atoms with Crippen LogP contribution in [0.3, 0.4) is 0 Å². The van der Waals surface area contributed by atoms with E-state index in [1.807, 2.05) is 42.6 Å². The van der Waals surface area contributed by atoms with E-state index in [-0.39, 0.29) is 0 Å². The van der Waals surface area contributed by atoms with E-state index in [1.165, 1.54) is 0 Å². The first kappa shape index (κ1) is 19.2. The average Bonchev–Trinajstić information content (AvgIpc) is 3.22. The van der Waals surface area contributed by atoms with Gasteiger partial charge in [0, 0.05) is 18.2 Å². The standard InChI is InChI=1S/C22H19N7O/c1-30-14-19-7-3-6-18(25-19)12-29-13-21(27-28-29)17-9-20(26-22(24)10-17)16-5-2-4-15(8-16)11-23/h2-10,13H,12,14H2,1H3,(H2,24,26). The number of pyridine rings is 2. The van der Waals surface area contributed by atoms with Crippen molar-refractivity contribution in [3.8, 4) is 28.6 Å². The number of hydrogen-bond donors (Lipinski definition) is 1. The molecule has 0 saturated carbocycles. The number of nitrogen functional groups attached to an aromatic ring is 1. The van der Waals surface area contributed by atoms with Gasteiger partial charge in [0.1, 0.15) is 11.5 Å². The van der Waals surface area contributed by atoms with Crippen molar-refractivity contribution in [3.63, 3.8) is 0 Å². The Bertz CT molecular complexity index is 1230. The van der Waals surface area contributed by atoms with Crippen LogP contribution in [0.1, 0.15) is 17.0 Å². The Hall–Kier alpha value is -4.09. The predicted molar refractivity (Wildman–Crippen MR) is 112 cm³/mol. The van der Waals surface area contributed by atoms with Crippen molar-refractivity contribution >= 4 is 5.82 Å². The molecule has 0 atom stereocenters. The number of nitrogens with two attached hydrogens (primary N) is 1. The molecule has 0 bridgehead atoms. The third kappa shape index (κ3) is 4.32. The van der Waals surface area contributed by atoms with Crippen molar-refractivity contribution in [1.82, 2.24) is 25.0 Å². The Morgan fingerprint density at radius 1 is 1.00 bits per heavy atom. The van der Waals surface area contributed by atoms with E-state index in [1.54, 1.807) is 30.0 Å². The van der Waals surface area contributed by atoms with Crippen molar-refractivity contribution in [2.75, 3.05) is 12.8 Å². The monoisotopic (exact) mass is 397 g/mol. The molecule has 4 aromatic rings. The van der Waals surface area contributed by atoms with Crippen molar-refractivity contribution in [2.24, 2.45) is 0 Å². The number of nitriles is 1. The average molecular weight is 397 g/mol. The highest BCUT2D eigenvalue weighted by Crippen LogP contribution is 2.26. The molecule has 0 fully saturated rings. The summed E-state index contributed by atoms with van der Waals surface area (Å²) in [5, 5.41) is 17.6. The van der Waals surface area contributed by atoms with E-state index >= 15 is 0 Å². The van der Waals surface area contributed by atoms with Crippen LogP contribution in [0.5, 0.6) is 0 Å². The maximum atomic E-state index is 9.14. The summed E-state index contributed by atoms with van der Waals surface area (Å²) in [5.74, 6) is 0.369. The molecule has 1 aromatic carbocycles. The van der Waals surface area contributed by atoms with Crippen LogP contribution in [0, 0.1) is 11.3 Å². The number of ether oxygens (including phenoxy) is 1. The zero-order chi connectivity index (χ0) is 20.9. The van der Waals surface area contributed by atoms with Gasteiger partial charge in [0.2, 0.25) is 0 Å². The van der Waals surface area contributed by atoms with Crippen LogP contribution in [0.15, 0.2) is 60.8 Å². The molecular formula is C22H19N7O. The topological polar surface area (TPSA) is 116 Å². The second kappa shape index (κ2) is 8.51. The second-order valence-electron chi connectivity index (χ2n) is 6.71. The molecule has 3 aromatic heterocycles. The smallest absolute Gasteiger partial charge is 0.124 e. The number of anilines is 1. The molecule has 0 radical (unpaired) electrons. The molecule has 0 spiro atoms. The molecule has 30 heavy (non-hydrogen) atoms. The lowest BCUT2D eigenvalue weighted by Gasteiger charge is -2.06. The summed E-state index contributed by atoms with van der Waals surface area (Å²) in [6.45, 7) is 0.949. The zero-order valence-corrected chi connectivity index (χ0v) is 16.4. The molecule has 0 aliphatic carbocycles. The summed E-state index contributed by atoms with van der Waals surface area (Å²) in [5.41, 5.74) is 11.3. The molecule has 0 unspecified atom stereocenters. The summed E-state index contributed by atoms with van der Waals surface area (Å²) >= 11 is 0. The van der Waals surface area contributed by atoms with Crippen molar-refractivity contribution in [3.05, 3.63) is 77.7 Å². The molecule has 2 N–H and O–H groups in total. The molecule has 148 valence electrons. The predicted octanol–water partition coefficient (Wildman–Crippen LogP) is 3.05. The van der Waals surface area contributed by atoms with Gasteiger partial charge in [-0.3, -0.25) is 4.98 Å². The second-order valence-corrected chi connectivity index (χ2v) is 6.71. The van der Waals surface area contributed by atoms with Gasteiger partial charge in [-0.1, -0.05) is 23.4 Å². The van der Waals surface area contributed by atoms with Crippen LogP contribution in [-0.4, -0.2) is 32.1 Å². The molecule has 0 saturated heterocycles. The summed E-state index contributed by atoms with van der Waals surface area (Å²) in [4.78, 5) is 8.95. The van der Waals surface area contributed by atoms with E-state index in [0.29, 0.717) is 35.9 Å². The largest absolute Gasteiger partial charge is 0.384 e. The minimum atomic E-state index is 0.369. The Kier molecular flexibility index (Phi) is 5.46. The summed E-state index contributed by atoms with van der Waals surface area (Å²) < 4.78 is 6.86. The quantitative estimate of drug-likeness (QED) is 0.531. The normalized spacial score (nSPS) is 10.7. The van der Waals surface area contributed by atoms with Gasteiger partial charge in [-0.15, -0.1) is 5.10 Å². The molecule has 4 rings (SSSR count). The van der Waals surface area contributed by atoms with Gasteiger partial charge in [-0.05, 0) is 36.4 Å². The first-order valence-electron chi connectivity index (χ1n) is 9.27. The highest BCUT2D eigenvalue weighted by molar-refractivity contribution is 5.71. The Morgan fingerprint density at radius 2 is 1.83 bits per heavy atom. The van der Waals surface area contributed by atoms with E-state index in [9.17, 15) is 0 Å². The van der Waals surface area contributed by atoms with E-state index < -0.39 is 0 Å². The van der Waals surface area contributed by atoms with Gasteiger partial charge in [-0.25, -0.2) is 9.67 Å². The highest BCUT2D eigenvalue weighted by atomic mass is 16.5. The summed E-state index contributed by atoms with van der Waals surface area (Å²) in [6.07, 6.45) is 1.84. The third-order valence-electron chi connectivity index (χ3n) is 4.45. The first-order chi connectivity index (χ1) is 14.6. The van der Waals surface area contributed by atoms with Crippen LogP contribution in [0.4, 0.5) is 5.82 Å². The minimum Gasteiger partial charge on any atom is -0.384 e. The van der Waals surface area contributed by atoms with Crippen molar-refractivity contribution in [2.45, 2.75) is 13.2 Å². The van der Waals surface area contributed by atoms with Gasteiger partial charge >= 0.3 is 0 Å². The molecule has 0 aliphatic rings. The van der Waals surface area contributed by atoms with Crippen LogP contribution in [-0.2, 0) is 17.9 Å². The Morgan fingerprint density at radius 3 is 2.67 bits per heavy atom. The number of rotatable bonds is 6. The molecule has 8 nitrogen and oxygen atoms in total. The lowest BCUT2D eigenvalue weighted by atomic mass is 10.1. The summed E-state index contributed by atoms with van der Waals surface area (Å²) in [7, 11) is 1.64. The molecular weight excluding hydrogens is 378 g/mol. The van der Waals surface area contributed by atoms with E-state index in [0.717, 1.165) is 22.5 Å². The Labute approximate surface area is 173 Å². The maximum absolute atomic E-state index is 9.14. The van der Waals surface area contributed by atoms with Crippen molar-refractivity contribution in [1.29, 1.82) is 5.26 Å². The van der Waals surface area contributed by atoms with Crippen LogP contribution in [0.25, 0.3) is 22.5 Å². The first-order valence-corrected chi connectivity index (χ1v) is 9.27. The van der Waals surface area contributed by atoms with Crippen LogP contribution in [0.2, 0.25) is 0 Å². The van der Waals surface area contributed by atoms with Crippen LogP contribution < -0.4 is 5.73 Å². The fraction of sp³-hybridized carbons (Fsp3) is 0.136. The number of methoxy groups -OCH3 is 1. The zero-order valence-electron chi connectivity index (χ0n) is 16.4. The lowest BCUT2D eigenvalue weighted by molar-refractivity contribution is 0.181. The lowest BCUT2D eigenvalue weighted by Crippen LogP contribution is -2.04. The Balaban J connectivity index is 1.61. The van der Waals surface area contributed by atoms with Crippen molar-refractivity contribution < 1.29 is 4.74 Å². The van der Waals surface area contributed by atoms with Gasteiger partial charge in [-0.2, -0.15) is 5.26 Å². The molecule has 3 heterocycles. The van der Waals surface area contributed by atoms with Gasteiger partial charge in [0.15, 0.2) is 0 Å². The fourth-order valence-corrected chi connectivity index (χ4v) is 3.12. The SMILES string of the molecule is COCc1cccc(Cn2cc(-c3cc(N)nc(-c4cccc(C#N)c4)c3)nn2)n1. The van der Waals surface area contributed by atoms with E-state index in [2.05, 4.69) is 26.3 Å². The summed E-state index contributed by atoms with van der Waals surface area (Å²) in [6, 6.07) is 18.8. The fourth-order valence-electron chi connectivity index (χ4n) is 3.12. The highest BCUT2D eigenvalue weighted by Gasteiger charge is 2.10. The third-order valence-corrected chi connectivity index (χ3v) is 4.45. The van der Waals surface area contributed by atoms with E-state index in [4.69, 9.17) is 15.7 Å². The number of hydrogen-bond acceptors (Lipinski definition) is 7. The number of aromatic nitrogens is 5. The molecule has 0 aliphatic heterocycles. The molecule has 8 heteroatoms. The number of nitrogens with zero attached hydrogens (tertiary/aromatic N) is 6. The minimum absolute atomic E-state index is 0.369. The van der Waals surface area contributed by atoms with Gasteiger partial charge in [0.25, 0.3) is 0 Å².